The summed E-state index contributed by atoms with van der Waals surface area (Å²) in [6.07, 6.45) is 6.72. The molecule has 4 rings (SSSR count). The number of carbonyl (C=O) groups is 1. The molecule has 0 saturated carbocycles. The highest BCUT2D eigenvalue weighted by atomic mass is 16.5. The van der Waals surface area contributed by atoms with Crippen LogP contribution >= 0.6 is 0 Å². The largest absolute Gasteiger partial charge is 0.494 e. The van der Waals surface area contributed by atoms with Crippen LogP contribution in [0.5, 0.6) is 17.2 Å². The van der Waals surface area contributed by atoms with Crippen LogP contribution in [0.3, 0.4) is 0 Å². The van der Waals surface area contributed by atoms with Crippen LogP contribution < -0.4 is 14.2 Å². The Balaban J connectivity index is 0.000000205. The number of hydrogen-bond donors (Lipinski definition) is 0. The Bertz CT molecular complexity index is 1090. The molecule has 2 heterocycles. The van der Waals surface area contributed by atoms with E-state index < -0.39 is 0 Å². The number of para-hydroxylation sites is 1. The maximum atomic E-state index is 10.7. The van der Waals surface area contributed by atoms with Crippen LogP contribution in [0.1, 0.15) is 30.0 Å². The first-order valence-corrected chi connectivity index (χ1v) is 12.4. The molecule has 0 spiro atoms. The number of benzene rings is 2. The van der Waals surface area contributed by atoms with Gasteiger partial charge in [-0.2, -0.15) is 0 Å². The summed E-state index contributed by atoms with van der Waals surface area (Å²) in [6, 6.07) is 12.2. The quantitative estimate of drug-likeness (QED) is 0.454. The van der Waals surface area contributed by atoms with Crippen molar-refractivity contribution in [3.63, 3.8) is 0 Å². The van der Waals surface area contributed by atoms with Crippen LogP contribution in [0.2, 0.25) is 0 Å². The van der Waals surface area contributed by atoms with Gasteiger partial charge in [0.05, 0.1) is 20.8 Å². The molecule has 6 nitrogen and oxygen atoms in total. The highest BCUT2D eigenvalue weighted by molar-refractivity contribution is 5.53. The lowest BCUT2D eigenvalue weighted by molar-refractivity contribution is -0.118. The van der Waals surface area contributed by atoms with Gasteiger partial charge in [-0.25, -0.2) is 0 Å². The lowest BCUT2D eigenvalue weighted by atomic mass is 9.99. The van der Waals surface area contributed by atoms with Gasteiger partial charge in [-0.3, -0.25) is 9.69 Å². The number of fused-ring (bicyclic) bond motifs is 1. The Hall–Kier alpha value is -3.51. The van der Waals surface area contributed by atoms with Gasteiger partial charge in [0, 0.05) is 38.3 Å². The molecule has 0 saturated heterocycles. The predicted molar refractivity (Wildman–Crippen MR) is 145 cm³/mol. The summed E-state index contributed by atoms with van der Waals surface area (Å²) in [6.45, 7) is 14.9. The zero-order chi connectivity index (χ0) is 25.9. The van der Waals surface area contributed by atoms with Gasteiger partial charge in [0.15, 0.2) is 11.5 Å². The minimum atomic E-state index is 0.652. The SMILES string of the molecule is C=CC1=C(C=C)CN(Cc2ccccc2OCC)CC1.COc1cc2c(cc1OC)CN(C=O)CC2. The van der Waals surface area contributed by atoms with Crippen LogP contribution in [0.25, 0.3) is 0 Å². The van der Waals surface area contributed by atoms with Crippen molar-refractivity contribution in [2.45, 2.75) is 32.9 Å². The highest BCUT2D eigenvalue weighted by Gasteiger charge is 2.18. The second kappa shape index (κ2) is 13.5. The van der Waals surface area contributed by atoms with E-state index in [9.17, 15) is 4.79 Å². The van der Waals surface area contributed by atoms with Crippen LogP contribution in [-0.2, 0) is 24.3 Å². The third-order valence-corrected chi connectivity index (χ3v) is 6.56. The average molecular weight is 491 g/mol. The molecule has 0 aliphatic carbocycles. The Kier molecular flexibility index (Phi) is 10.2. The molecular formula is C30H38N2O4. The van der Waals surface area contributed by atoms with E-state index in [0.29, 0.717) is 18.9 Å². The van der Waals surface area contributed by atoms with Gasteiger partial charge in [0.25, 0.3) is 0 Å². The molecule has 6 heteroatoms. The van der Waals surface area contributed by atoms with Gasteiger partial charge in [0.2, 0.25) is 6.41 Å². The topological polar surface area (TPSA) is 51.2 Å². The summed E-state index contributed by atoms with van der Waals surface area (Å²) in [5.41, 5.74) is 6.24. The lowest BCUT2D eigenvalue weighted by Gasteiger charge is -2.29. The molecular weight excluding hydrogens is 452 g/mol. The molecule has 0 bridgehead atoms. The fourth-order valence-electron chi connectivity index (χ4n) is 4.59. The number of rotatable bonds is 9. The summed E-state index contributed by atoms with van der Waals surface area (Å²) in [7, 11) is 3.25. The molecule has 0 atom stereocenters. The number of carbonyl (C=O) groups excluding carboxylic acids is 1. The standard InChI is InChI=1S/C18H23NO.C12H15NO3/c1-4-15-11-12-19(13-16(15)5-2)14-17-9-7-8-10-18(17)20-6-3;1-15-11-5-9-3-4-13(8-14)7-10(9)6-12(11)16-2/h4-5,7-10H,1-2,6,11-14H2,3H3;5-6,8H,3-4,7H2,1-2H3. The van der Waals surface area contributed by atoms with Crippen molar-refractivity contribution >= 4 is 6.41 Å². The molecule has 0 unspecified atom stereocenters. The van der Waals surface area contributed by atoms with Crippen molar-refractivity contribution in [3.8, 4) is 17.2 Å². The summed E-state index contributed by atoms with van der Waals surface area (Å²) in [5.74, 6) is 2.46. The van der Waals surface area contributed by atoms with Crippen molar-refractivity contribution in [2.24, 2.45) is 0 Å². The zero-order valence-electron chi connectivity index (χ0n) is 21.8. The van der Waals surface area contributed by atoms with Gasteiger partial charge >= 0.3 is 0 Å². The number of allylic oxidation sites excluding steroid dienone is 1. The predicted octanol–water partition coefficient (Wildman–Crippen LogP) is 5.18. The second-order valence-corrected chi connectivity index (χ2v) is 8.76. The van der Waals surface area contributed by atoms with Crippen LogP contribution in [-0.4, -0.2) is 56.7 Å². The maximum absolute atomic E-state index is 10.7. The van der Waals surface area contributed by atoms with Gasteiger partial charge in [-0.05, 0) is 60.2 Å². The van der Waals surface area contributed by atoms with E-state index in [2.05, 4.69) is 30.2 Å². The molecule has 0 N–H and O–H groups in total. The number of nitrogens with zero attached hydrogens (tertiary/aromatic N) is 2. The Labute approximate surface area is 215 Å². The fourth-order valence-corrected chi connectivity index (χ4v) is 4.59. The average Bonchev–Trinajstić information content (AvgIpc) is 2.93. The van der Waals surface area contributed by atoms with E-state index in [0.717, 1.165) is 62.5 Å². The van der Waals surface area contributed by atoms with E-state index in [1.165, 1.54) is 22.3 Å². The first kappa shape index (κ1) is 27.1. The molecule has 2 aliphatic heterocycles. The number of amides is 1. The molecule has 36 heavy (non-hydrogen) atoms. The molecule has 2 aromatic carbocycles. The summed E-state index contributed by atoms with van der Waals surface area (Å²) >= 11 is 0. The van der Waals surface area contributed by atoms with Crippen LogP contribution in [0.15, 0.2) is 72.9 Å². The third kappa shape index (κ3) is 6.79. The molecule has 192 valence electrons. The van der Waals surface area contributed by atoms with Gasteiger partial charge in [0.1, 0.15) is 5.75 Å². The monoisotopic (exact) mass is 490 g/mol. The van der Waals surface area contributed by atoms with Crippen molar-refractivity contribution in [1.82, 2.24) is 9.80 Å². The maximum Gasteiger partial charge on any atom is 0.210 e. The molecule has 0 radical (unpaired) electrons. The van der Waals surface area contributed by atoms with Crippen LogP contribution in [0, 0.1) is 0 Å². The summed E-state index contributed by atoms with van der Waals surface area (Å²) < 4.78 is 16.2. The fraction of sp³-hybridized carbons (Fsp3) is 0.367. The van der Waals surface area contributed by atoms with E-state index >= 15 is 0 Å². The summed E-state index contributed by atoms with van der Waals surface area (Å²) in [5, 5.41) is 0. The van der Waals surface area contributed by atoms with Gasteiger partial charge < -0.3 is 19.1 Å². The number of hydrogen-bond acceptors (Lipinski definition) is 5. The first-order valence-electron chi connectivity index (χ1n) is 12.4. The minimum absolute atomic E-state index is 0.652. The second-order valence-electron chi connectivity index (χ2n) is 8.76. The Morgan fingerprint density at radius 2 is 1.58 bits per heavy atom. The first-order chi connectivity index (χ1) is 17.6. The highest BCUT2D eigenvalue weighted by Crippen LogP contribution is 2.33. The number of ether oxygens (including phenoxy) is 3. The van der Waals surface area contributed by atoms with E-state index in [4.69, 9.17) is 14.2 Å². The van der Waals surface area contributed by atoms with Crippen LogP contribution in [0.4, 0.5) is 0 Å². The van der Waals surface area contributed by atoms with Crippen molar-refractivity contribution in [3.05, 3.63) is 89.5 Å². The molecule has 2 aromatic rings. The normalized spacial score (nSPS) is 15.2. The van der Waals surface area contributed by atoms with Crippen molar-refractivity contribution in [2.75, 3.05) is 40.5 Å². The van der Waals surface area contributed by atoms with E-state index in [1.54, 1.807) is 19.1 Å². The lowest BCUT2D eigenvalue weighted by Crippen LogP contribution is -2.30. The summed E-state index contributed by atoms with van der Waals surface area (Å²) in [4.78, 5) is 14.9. The minimum Gasteiger partial charge on any atom is -0.494 e. The van der Waals surface area contributed by atoms with Gasteiger partial charge in [-0.1, -0.05) is 43.5 Å². The van der Waals surface area contributed by atoms with Crippen molar-refractivity contribution < 1.29 is 19.0 Å². The molecule has 0 aromatic heterocycles. The van der Waals surface area contributed by atoms with Gasteiger partial charge in [-0.15, -0.1) is 0 Å². The third-order valence-electron chi connectivity index (χ3n) is 6.56. The molecule has 0 fully saturated rings. The van der Waals surface area contributed by atoms with E-state index in [-0.39, 0.29) is 0 Å². The molecule has 1 amide bonds. The smallest absolute Gasteiger partial charge is 0.210 e. The van der Waals surface area contributed by atoms with Crippen molar-refractivity contribution in [1.29, 1.82) is 0 Å². The number of methoxy groups -OCH3 is 2. The zero-order valence-corrected chi connectivity index (χ0v) is 21.8. The molecule has 2 aliphatic rings. The van der Waals surface area contributed by atoms with E-state index in [1.807, 2.05) is 43.3 Å². The Morgan fingerprint density at radius 1 is 0.889 bits per heavy atom. The Morgan fingerprint density at radius 3 is 2.22 bits per heavy atom.